The Labute approximate surface area is 64.9 Å². The van der Waals surface area contributed by atoms with Crippen LogP contribution in [0, 0.1) is 5.41 Å². The first-order valence-electron chi connectivity index (χ1n) is 3.60. The molecule has 1 fully saturated rings. The van der Waals surface area contributed by atoms with Gasteiger partial charge in [0.1, 0.15) is 6.34 Å². The number of nitrogens with two attached hydrogens (primary N) is 1. The second-order valence-electron chi connectivity index (χ2n) is 2.77. The van der Waals surface area contributed by atoms with Gasteiger partial charge in [-0.2, -0.15) is 0 Å². The SMILES string of the molecule is N=CN=C(N)N1CC=C2CC21. The molecule has 1 aliphatic heterocycles. The number of hydrogen-bond donors (Lipinski definition) is 2. The average Bonchev–Trinajstić information content (AvgIpc) is 2.63. The summed E-state index contributed by atoms with van der Waals surface area (Å²) in [6.07, 6.45) is 4.29. The van der Waals surface area contributed by atoms with Gasteiger partial charge < -0.3 is 10.6 Å². The van der Waals surface area contributed by atoms with Crippen molar-refractivity contribution in [2.24, 2.45) is 10.7 Å². The van der Waals surface area contributed by atoms with E-state index in [-0.39, 0.29) is 0 Å². The highest BCUT2D eigenvalue weighted by Crippen LogP contribution is 2.38. The fourth-order valence-electron chi connectivity index (χ4n) is 1.43. The van der Waals surface area contributed by atoms with Crippen molar-refractivity contribution >= 4 is 12.3 Å². The van der Waals surface area contributed by atoms with Gasteiger partial charge in [0.2, 0.25) is 0 Å². The number of guanidine groups is 1. The summed E-state index contributed by atoms with van der Waals surface area (Å²) in [5.41, 5.74) is 7.06. The Bertz CT molecular complexity index is 253. The maximum Gasteiger partial charge on any atom is 0.198 e. The number of rotatable bonds is 1. The largest absolute Gasteiger partial charge is 0.369 e. The molecule has 1 atom stereocenters. The van der Waals surface area contributed by atoms with Crippen molar-refractivity contribution in [3.63, 3.8) is 0 Å². The molecule has 0 aromatic rings. The first kappa shape index (κ1) is 6.39. The second kappa shape index (κ2) is 2.08. The molecule has 1 saturated carbocycles. The summed E-state index contributed by atoms with van der Waals surface area (Å²) < 4.78 is 0. The van der Waals surface area contributed by atoms with E-state index in [2.05, 4.69) is 11.1 Å². The molecule has 0 radical (unpaired) electrons. The summed E-state index contributed by atoms with van der Waals surface area (Å²) in [5, 5.41) is 6.74. The molecule has 58 valence electrons. The zero-order valence-corrected chi connectivity index (χ0v) is 6.12. The average molecular weight is 150 g/mol. The van der Waals surface area contributed by atoms with Crippen molar-refractivity contribution in [3.05, 3.63) is 11.6 Å². The minimum absolute atomic E-state index is 0.466. The van der Waals surface area contributed by atoms with Crippen LogP contribution in [0.15, 0.2) is 16.6 Å². The lowest BCUT2D eigenvalue weighted by molar-refractivity contribution is 0.475. The van der Waals surface area contributed by atoms with Crippen LogP contribution >= 0.6 is 0 Å². The van der Waals surface area contributed by atoms with E-state index < -0.39 is 0 Å². The number of hydrogen-bond acceptors (Lipinski definition) is 1. The predicted octanol–water partition coefficient (Wildman–Crippen LogP) is -0.0775. The van der Waals surface area contributed by atoms with Gasteiger partial charge in [-0.05, 0) is 12.0 Å². The van der Waals surface area contributed by atoms with Gasteiger partial charge in [-0.15, -0.1) is 0 Å². The van der Waals surface area contributed by atoms with E-state index in [0.717, 1.165) is 19.3 Å². The molecule has 2 aliphatic rings. The van der Waals surface area contributed by atoms with E-state index in [9.17, 15) is 0 Å². The molecule has 11 heavy (non-hydrogen) atoms. The lowest BCUT2D eigenvalue weighted by atomic mass is 10.5. The Balaban J connectivity index is 2.07. The Kier molecular flexibility index (Phi) is 1.21. The molecule has 1 aliphatic carbocycles. The number of aliphatic imine (C=N–C) groups is 1. The maximum absolute atomic E-state index is 6.74. The summed E-state index contributed by atoms with van der Waals surface area (Å²) in [6.45, 7) is 0.864. The molecule has 0 bridgehead atoms. The van der Waals surface area contributed by atoms with Gasteiger partial charge in [0.15, 0.2) is 5.96 Å². The molecule has 0 spiro atoms. The van der Waals surface area contributed by atoms with E-state index in [1.807, 2.05) is 4.90 Å². The highest BCUT2D eigenvalue weighted by atomic mass is 15.3. The van der Waals surface area contributed by atoms with Crippen LogP contribution in [-0.2, 0) is 0 Å². The first-order chi connectivity index (χ1) is 5.33. The molecular weight excluding hydrogens is 140 g/mol. The Hall–Kier alpha value is -1.32. The van der Waals surface area contributed by atoms with Crippen LogP contribution in [0.4, 0.5) is 0 Å². The monoisotopic (exact) mass is 150 g/mol. The van der Waals surface area contributed by atoms with Crippen molar-refractivity contribution < 1.29 is 0 Å². The normalized spacial score (nSPS) is 28.0. The maximum atomic E-state index is 6.74. The van der Waals surface area contributed by atoms with Gasteiger partial charge in [0.25, 0.3) is 0 Å². The standard InChI is InChI=1S/C7H10N4/c8-4-10-7(9)11-2-1-5-3-6(5)11/h1,4,6H,2-3H2,(H3,8,9,10). The fourth-order valence-corrected chi connectivity index (χ4v) is 1.43. The van der Waals surface area contributed by atoms with E-state index in [0.29, 0.717) is 12.0 Å². The first-order valence-corrected chi connectivity index (χ1v) is 3.60. The summed E-state index contributed by atoms with van der Waals surface area (Å²) in [5.74, 6) is 0.466. The quantitative estimate of drug-likeness (QED) is 0.312. The zero-order valence-electron chi connectivity index (χ0n) is 6.12. The third-order valence-corrected chi connectivity index (χ3v) is 2.11. The van der Waals surface area contributed by atoms with E-state index in [4.69, 9.17) is 11.1 Å². The second-order valence-corrected chi connectivity index (χ2v) is 2.77. The molecule has 1 unspecified atom stereocenters. The molecule has 0 aromatic heterocycles. The van der Waals surface area contributed by atoms with E-state index in [1.54, 1.807) is 0 Å². The van der Waals surface area contributed by atoms with E-state index in [1.165, 1.54) is 5.57 Å². The number of fused-ring (bicyclic) bond motifs is 1. The molecule has 4 heteroatoms. The number of nitrogens with zero attached hydrogens (tertiary/aromatic N) is 2. The van der Waals surface area contributed by atoms with Gasteiger partial charge in [-0.1, -0.05) is 6.08 Å². The smallest absolute Gasteiger partial charge is 0.198 e. The Morgan fingerprint density at radius 1 is 1.91 bits per heavy atom. The van der Waals surface area contributed by atoms with Crippen LogP contribution in [0.25, 0.3) is 0 Å². The Morgan fingerprint density at radius 3 is 3.18 bits per heavy atom. The van der Waals surface area contributed by atoms with Crippen molar-refractivity contribution in [2.75, 3.05) is 6.54 Å². The third kappa shape index (κ3) is 0.906. The number of nitrogens with one attached hydrogen (secondary N) is 1. The molecule has 0 saturated heterocycles. The van der Waals surface area contributed by atoms with Gasteiger partial charge >= 0.3 is 0 Å². The van der Waals surface area contributed by atoms with Crippen LogP contribution in [0.2, 0.25) is 0 Å². The van der Waals surface area contributed by atoms with Crippen LogP contribution in [0.5, 0.6) is 0 Å². The molecule has 1 heterocycles. The van der Waals surface area contributed by atoms with Gasteiger partial charge in [0.05, 0.1) is 6.04 Å². The molecule has 0 aromatic carbocycles. The van der Waals surface area contributed by atoms with Gasteiger partial charge in [-0.25, -0.2) is 4.99 Å². The van der Waals surface area contributed by atoms with E-state index >= 15 is 0 Å². The summed E-state index contributed by atoms with van der Waals surface area (Å²) >= 11 is 0. The highest BCUT2D eigenvalue weighted by molar-refractivity contribution is 5.86. The lowest BCUT2D eigenvalue weighted by Crippen LogP contribution is -2.37. The van der Waals surface area contributed by atoms with Crippen molar-refractivity contribution in [1.29, 1.82) is 5.41 Å². The fraction of sp³-hybridized carbons (Fsp3) is 0.429. The molecular formula is C7H10N4. The van der Waals surface area contributed by atoms with Crippen molar-refractivity contribution in [1.82, 2.24) is 4.90 Å². The Morgan fingerprint density at radius 2 is 2.73 bits per heavy atom. The van der Waals surface area contributed by atoms with Crippen LogP contribution in [0.3, 0.4) is 0 Å². The molecule has 4 nitrogen and oxygen atoms in total. The minimum Gasteiger partial charge on any atom is -0.369 e. The van der Waals surface area contributed by atoms with Crippen LogP contribution in [0.1, 0.15) is 6.42 Å². The summed E-state index contributed by atoms with van der Waals surface area (Å²) in [6, 6.07) is 0.513. The molecule has 2 rings (SSSR count). The third-order valence-electron chi connectivity index (χ3n) is 2.11. The molecule has 0 amide bonds. The topological polar surface area (TPSA) is 65.5 Å². The van der Waals surface area contributed by atoms with Crippen molar-refractivity contribution in [3.8, 4) is 0 Å². The summed E-state index contributed by atoms with van der Waals surface area (Å²) in [4.78, 5) is 5.73. The van der Waals surface area contributed by atoms with Gasteiger partial charge in [0, 0.05) is 6.54 Å². The summed E-state index contributed by atoms with van der Waals surface area (Å²) in [7, 11) is 0. The zero-order chi connectivity index (χ0) is 7.84. The lowest BCUT2D eigenvalue weighted by Gasteiger charge is -2.17. The van der Waals surface area contributed by atoms with Crippen LogP contribution < -0.4 is 5.73 Å². The van der Waals surface area contributed by atoms with Crippen LogP contribution in [-0.4, -0.2) is 29.8 Å². The highest BCUT2D eigenvalue weighted by Gasteiger charge is 2.40. The van der Waals surface area contributed by atoms with Gasteiger partial charge in [-0.3, -0.25) is 5.41 Å². The minimum atomic E-state index is 0.466. The van der Waals surface area contributed by atoms with Crippen molar-refractivity contribution in [2.45, 2.75) is 12.5 Å². The predicted molar refractivity (Wildman–Crippen MR) is 43.6 cm³/mol. The molecule has 3 N–H and O–H groups in total.